The van der Waals surface area contributed by atoms with Crippen LogP contribution in [-0.2, 0) is 20.4 Å². The van der Waals surface area contributed by atoms with E-state index >= 15 is 0 Å². The van der Waals surface area contributed by atoms with Crippen LogP contribution in [0.5, 0.6) is 0 Å². The van der Waals surface area contributed by atoms with E-state index in [1.54, 1.807) is 11.8 Å². The summed E-state index contributed by atoms with van der Waals surface area (Å²) in [5.74, 6) is 1.23. The molecule has 0 aromatic carbocycles. The summed E-state index contributed by atoms with van der Waals surface area (Å²) in [6.07, 6.45) is 2.68. The van der Waals surface area contributed by atoms with Gasteiger partial charge in [0.2, 0.25) is 11.8 Å². The Morgan fingerprint density at radius 2 is 1.90 bits per heavy atom. The van der Waals surface area contributed by atoms with Gasteiger partial charge in [0.15, 0.2) is 0 Å². The first kappa shape index (κ1) is 15.5. The largest absolute Gasteiger partial charge is 0.340 e. The van der Waals surface area contributed by atoms with E-state index in [-0.39, 0.29) is 23.9 Å². The molecule has 2 atom stereocenters. The molecule has 0 aromatic heterocycles. The smallest absolute Gasteiger partial charge is 0.248 e. The Morgan fingerprint density at radius 3 is 2.40 bits per heavy atom. The molecule has 2 rings (SSSR count). The van der Waals surface area contributed by atoms with Gasteiger partial charge in [0.05, 0.1) is 0 Å². The molecule has 0 aromatic rings. The van der Waals surface area contributed by atoms with Crippen molar-refractivity contribution in [2.45, 2.75) is 64.1 Å². The third kappa shape index (κ3) is 2.62. The van der Waals surface area contributed by atoms with Crippen LogP contribution in [-0.4, -0.2) is 50.1 Å². The second kappa shape index (κ2) is 5.84. The van der Waals surface area contributed by atoms with Crippen LogP contribution in [0.3, 0.4) is 0 Å². The lowest BCUT2D eigenvalue weighted by Crippen LogP contribution is -2.71. The highest BCUT2D eigenvalue weighted by atomic mass is 32.2. The summed E-state index contributed by atoms with van der Waals surface area (Å²) in [7, 11) is -0.758. The van der Waals surface area contributed by atoms with E-state index in [0.717, 1.165) is 12.8 Å². The molecule has 2 amide bonds. The molecule has 0 bridgehead atoms. The standard InChI is InChI=1S/C14H24N2O3S/c1-4-11-12(17)15-14(3,5-2)13(18)16(11)10-6-8-20(19)9-7-10/h10-11H,4-9H2,1-3H3,(H,15,17). The number of nitrogens with one attached hydrogen (secondary N) is 1. The van der Waals surface area contributed by atoms with Crippen molar-refractivity contribution >= 4 is 22.6 Å². The van der Waals surface area contributed by atoms with Crippen LogP contribution in [0.4, 0.5) is 0 Å². The van der Waals surface area contributed by atoms with Crippen LogP contribution in [0.15, 0.2) is 0 Å². The monoisotopic (exact) mass is 300 g/mol. The topological polar surface area (TPSA) is 66.5 Å². The zero-order chi connectivity index (χ0) is 14.9. The van der Waals surface area contributed by atoms with Crippen molar-refractivity contribution in [2.75, 3.05) is 11.5 Å². The van der Waals surface area contributed by atoms with Crippen LogP contribution < -0.4 is 5.32 Å². The van der Waals surface area contributed by atoms with Crippen LogP contribution in [0, 0.1) is 0 Å². The van der Waals surface area contributed by atoms with Gasteiger partial charge in [-0.2, -0.15) is 0 Å². The average Bonchev–Trinajstić information content (AvgIpc) is 2.43. The van der Waals surface area contributed by atoms with Crippen molar-refractivity contribution in [3.05, 3.63) is 0 Å². The maximum Gasteiger partial charge on any atom is 0.248 e. The lowest BCUT2D eigenvalue weighted by atomic mass is 9.89. The predicted octanol–water partition coefficient (Wildman–Crippen LogP) is 0.803. The van der Waals surface area contributed by atoms with Gasteiger partial charge in [-0.15, -0.1) is 0 Å². The fourth-order valence-electron chi connectivity index (χ4n) is 3.06. The Kier molecular flexibility index (Phi) is 4.52. The van der Waals surface area contributed by atoms with E-state index in [9.17, 15) is 13.8 Å². The Labute approximate surface area is 122 Å². The molecule has 0 spiro atoms. The number of carbonyl (C=O) groups is 2. The summed E-state index contributed by atoms with van der Waals surface area (Å²) in [6, 6.07) is -0.319. The highest BCUT2D eigenvalue weighted by Crippen LogP contribution is 2.28. The lowest BCUT2D eigenvalue weighted by molar-refractivity contribution is -0.157. The first-order chi connectivity index (χ1) is 9.42. The van der Waals surface area contributed by atoms with E-state index in [1.807, 2.05) is 13.8 Å². The lowest BCUT2D eigenvalue weighted by Gasteiger charge is -2.48. The van der Waals surface area contributed by atoms with Gasteiger partial charge in [0.25, 0.3) is 0 Å². The van der Waals surface area contributed by atoms with Crippen LogP contribution in [0.25, 0.3) is 0 Å². The minimum Gasteiger partial charge on any atom is -0.340 e. The fourth-order valence-corrected chi connectivity index (χ4v) is 4.34. The summed E-state index contributed by atoms with van der Waals surface area (Å²) in [6.45, 7) is 5.64. The minimum absolute atomic E-state index is 0.0177. The van der Waals surface area contributed by atoms with Crippen molar-refractivity contribution in [2.24, 2.45) is 0 Å². The molecule has 1 N–H and O–H groups in total. The first-order valence-corrected chi connectivity index (χ1v) is 8.91. The molecule has 2 heterocycles. The van der Waals surface area contributed by atoms with Crippen LogP contribution in [0.1, 0.15) is 46.5 Å². The molecule has 5 nitrogen and oxygen atoms in total. The van der Waals surface area contributed by atoms with Crippen molar-refractivity contribution in [3.8, 4) is 0 Å². The normalized spacial score (nSPS) is 38.8. The van der Waals surface area contributed by atoms with Gasteiger partial charge >= 0.3 is 0 Å². The summed E-state index contributed by atoms with van der Waals surface area (Å²) < 4.78 is 11.5. The molecule has 0 saturated carbocycles. The van der Waals surface area contributed by atoms with Gasteiger partial charge in [-0.3, -0.25) is 13.8 Å². The second-order valence-electron chi connectivity index (χ2n) is 5.89. The van der Waals surface area contributed by atoms with Crippen LogP contribution >= 0.6 is 0 Å². The number of rotatable bonds is 3. The van der Waals surface area contributed by atoms with Gasteiger partial charge in [-0.25, -0.2) is 0 Å². The van der Waals surface area contributed by atoms with E-state index in [4.69, 9.17) is 0 Å². The summed E-state index contributed by atoms with van der Waals surface area (Å²) in [5, 5.41) is 2.88. The summed E-state index contributed by atoms with van der Waals surface area (Å²) >= 11 is 0. The van der Waals surface area contributed by atoms with Crippen molar-refractivity contribution < 1.29 is 13.8 Å². The van der Waals surface area contributed by atoms with Crippen molar-refractivity contribution in [3.63, 3.8) is 0 Å². The second-order valence-corrected chi connectivity index (χ2v) is 7.59. The van der Waals surface area contributed by atoms with E-state index < -0.39 is 16.3 Å². The first-order valence-electron chi connectivity index (χ1n) is 7.42. The van der Waals surface area contributed by atoms with Crippen molar-refractivity contribution in [1.82, 2.24) is 10.2 Å². The molecular weight excluding hydrogens is 276 g/mol. The Balaban J connectivity index is 2.27. The maximum atomic E-state index is 12.8. The minimum atomic E-state index is -0.792. The maximum absolute atomic E-state index is 12.8. The predicted molar refractivity (Wildman–Crippen MR) is 78.7 cm³/mol. The zero-order valence-corrected chi connectivity index (χ0v) is 13.3. The number of piperazine rings is 1. The molecule has 2 fully saturated rings. The van der Waals surface area contributed by atoms with Gasteiger partial charge in [0, 0.05) is 28.3 Å². The Morgan fingerprint density at radius 1 is 1.30 bits per heavy atom. The molecule has 2 saturated heterocycles. The number of hydrogen-bond donors (Lipinski definition) is 1. The molecule has 2 aliphatic rings. The highest BCUT2D eigenvalue weighted by molar-refractivity contribution is 7.85. The van der Waals surface area contributed by atoms with Crippen molar-refractivity contribution in [1.29, 1.82) is 0 Å². The summed E-state index contributed by atoms with van der Waals surface area (Å²) in [5.41, 5.74) is -0.792. The number of hydrogen-bond acceptors (Lipinski definition) is 3. The van der Waals surface area contributed by atoms with Crippen LogP contribution in [0.2, 0.25) is 0 Å². The van der Waals surface area contributed by atoms with Gasteiger partial charge in [0.1, 0.15) is 11.6 Å². The quantitative estimate of drug-likeness (QED) is 0.838. The third-order valence-corrected chi connectivity index (χ3v) is 5.97. The fraction of sp³-hybridized carbons (Fsp3) is 0.857. The molecule has 0 aliphatic carbocycles. The van der Waals surface area contributed by atoms with E-state index in [0.29, 0.717) is 24.3 Å². The number of amides is 2. The number of nitrogens with zero attached hydrogens (tertiary/aromatic N) is 1. The molecule has 2 unspecified atom stereocenters. The number of carbonyl (C=O) groups excluding carboxylic acids is 2. The Bertz CT molecular complexity index is 430. The third-order valence-electron chi connectivity index (χ3n) is 4.59. The molecular formula is C14H24N2O3S. The molecule has 6 heteroatoms. The molecule has 20 heavy (non-hydrogen) atoms. The van der Waals surface area contributed by atoms with E-state index in [1.165, 1.54) is 0 Å². The Hall–Kier alpha value is -0.910. The summed E-state index contributed by atoms with van der Waals surface area (Å²) in [4.78, 5) is 26.9. The van der Waals surface area contributed by atoms with Gasteiger partial charge in [-0.1, -0.05) is 13.8 Å². The van der Waals surface area contributed by atoms with Gasteiger partial charge < -0.3 is 10.2 Å². The molecule has 114 valence electrons. The zero-order valence-electron chi connectivity index (χ0n) is 12.5. The molecule has 0 radical (unpaired) electrons. The SMILES string of the molecule is CCC1C(=O)NC(C)(CC)C(=O)N1C1CCS(=O)CC1. The average molecular weight is 300 g/mol. The highest BCUT2D eigenvalue weighted by Gasteiger charge is 2.48. The van der Waals surface area contributed by atoms with E-state index in [2.05, 4.69) is 5.32 Å². The molecule has 2 aliphatic heterocycles. The van der Waals surface area contributed by atoms with Gasteiger partial charge in [-0.05, 0) is 32.6 Å².